The van der Waals surface area contributed by atoms with Crippen molar-refractivity contribution in [1.82, 2.24) is 0 Å². The lowest BCUT2D eigenvalue weighted by Crippen LogP contribution is -2.37. The zero-order valence-corrected chi connectivity index (χ0v) is 13.7. The molecule has 4 heteroatoms. The zero-order valence-electron chi connectivity index (χ0n) is 12.1. The van der Waals surface area contributed by atoms with E-state index >= 15 is 0 Å². The average Bonchev–Trinajstić information content (AvgIpc) is 3.30. The van der Waals surface area contributed by atoms with Crippen LogP contribution >= 0.6 is 15.9 Å². The molecule has 1 aromatic carbocycles. The van der Waals surface area contributed by atoms with E-state index in [0.29, 0.717) is 5.92 Å². The average molecular weight is 353 g/mol. The molecular weight excluding hydrogens is 332 g/mol. The minimum atomic E-state index is -0.713. The van der Waals surface area contributed by atoms with Crippen LogP contribution in [0.3, 0.4) is 0 Å². The highest BCUT2D eigenvalue weighted by atomic mass is 79.9. The van der Waals surface area contributed by atoms with Crippen LogP contribution in [0.2, 0.25) is 0 Å². The second kappa shape index (κ2) is 5.99. The molecule has 0 bridgehead atoms. The van der Waals surface area contributed by atoms with Crippen LogP contribution in [0, 0.1) is 5.92 Å². The number of benzene rings is 1. The highest BCUT2D eigenvalue weighted by Crippen LogP contribution is 2.42. The van der Waals surface area contributed by atoms with Crippen LogP contribution in [-0.4, -0.2) is 17.7 Å². The van der Waals surface area contributed by atoms with Crippen molar-refractivity contribution in [3.05, 3.63) is 28.2 Å². The highest BCUT2D eigenvalue weighted by Gasteiger charge is 2.41. The molecule has 2 aliphatic carbocycles. The quantitative estimate of drug-likeness (QED) is 0.846. The van der Waals surface area contributed by atoms with Crippen molar-refractivity contribution in [2.45, 2.75) is 50.4 Å². The topological polar surface area (TPSA) is 46.5 Å². The van der Waals surface area contributed by atoms with Crippen LogP contribution < -0.4 is 4.74 Å². The molecule has 0 unspecified atom stereocenters. The zero-order chi connectivity index (χ0) is 14.9. The molecule has 0 atom stereocenters. The molecule has 0 radical (unpaired) electrons. The number of rotatable bonds is 5. The van der Waals surface area contributed by atoms with E-state index in [1.807, 2.05) is 18.2 Å². The summed E-state index contributed by atoms with van der Waals surface area (Å²) in [4.78, 5) is 11.8. The Morgan fingerprint density at radius 3 is 2.57 bits per heavy atom. The largest absolute Gasteiger partial charge is 0.492 e. The third-order valence-electron chi connectivity index (χ3n) is 4.77. The molecule has 2 fully saturated rings. The first-order valence-corrected chi connectivity index (χ1v) is 8.57. The van der Waals surface area contributed by atoms with Gasteiger partial charge in [-0.15, -0.1) is 0 Å². The van der Waals surface area contributed by atoms with Gasteiger partial charge >= 0.3 is 5.97 Å². The van der Waals surface area contributed by atoms with E-state index in [4.69, 9.17) is 4.74 Å². The predicted molar refractivity (Wildman–Crippen MR) is 84.8 cm³/mol. The number of halogens is 1. The second-order valence-electron chi connectivity index (χ2n) is 6.35. The maximum atomic E-state index is 11.8. The molecule has 3 rings (SSSR count). The van der Waals surface area contributed by atoms with Gasteiger partial charge in [-0.1, -0.05) is 25.3 Å². The molecular formula is C17H21BrO3. The van der Waals surface area contributed by atoms with Crippen LogP contribution in [-0.2, 0) is 10.2 Å². The van der Waals surface area contributed by atoms with Crippen LogP contribution in [0.4, 0.5) is 0 Å². The Hall–Kier alpha value is -1.03. The predicted octanol–water partition coefficient (Wildman–Crippen LogP) is 4.52. The monoisotopic (exact) mass is 352 g/mol. The van der Waals surface area contributed by atoms with Crippen molar-refractivity contribution in [2.75, 3.05) is 6.61 Å². The van der Waals surface area contributed by atoms with Crippen molar-refractivity contribution in [3.63, 3.8) is 0 Å². The van der Waals surface area contributed by atoms with Gasteiger partial charge < -0.3 is 9.84 Å². The van der Waals surface area contributed by atoms with Gasteiger partial charge in [0.1, 0.15) is 5.75 Å². The molecule has 2 saturated carbocycles. The summed E-state index contributed by atoms with van der Waals surface area (Å²) in [5, 5.41) is 9.74. The van der Waals surface area contributed by atoms with Crippen LogP contribution in [0.25, 0.3) is 0 Å². The van der Waals surface area contributed by atoms with Gasteiger partial charge in [0, 0.05) is 0 Å². The van der Waals surface area contributed by atoms with E-state index in [1.54, 1.807) is 0 Å². The van der Waals surface area contributed by atoms with Gasteiger partial charge in [0.05, 0.1) is 16.5 Å². The molecule has 0 spiro atoms. The number of hydrogen-bond donors (Lipinski definition) is 1. The van der Waals surface area contributed by atoms with Crippen LogP contribution in [0.15, 0.2) is 22.7 Å². The summed E-state index contributed by atoms with van der Waals surface area (Å²) in [7, 11) is 0. The van der Waals surface area contributed by atoms with Gasteiger partial charge in [-0.05, 0) is 65.2 Å². The minimum Gasteiger partial charge on any atom is -0.492 e. The molecule has 1 N–H and O–H groups in total. The van der Waals surface area contributed by atoms with Crippen LogP contribution in [0.1, 0.15) is 50.5 Å². The Labute approximate surface area is 133 Å². The van der Waals surface area contributed by atoms with Crippen molar-refractivity contribution in [3.8, 4) is 5.75 Å². The summed E-state index contributed by atoms with van der Waals surface area (Å²) in [6.45, 7) is 0.766. The van der Waals surface area contributed by atoms with E-state index in [0.717, 1.165) is 54.5 Å². The summed E-state index contributed by atoms with van der Waals surface area (Å²) in [5.41, 5.74) is 0.191. The molecule has 21 heavy (non-hydrogen) atoms. The number of carboxylic acids is 1. The summed E-state index contributed by atoms with van der Waals surface area (Å²) in [6.07, 6.45) is 7.11. The number of carboxylic acid groups (broad SMARTS) is 1. The first-order chi connectivity index (χ1) is 10.1. The number of carbonyl (C=O) groups is 1. The lowest BCUT2D eigenvalue weighted by Gasteiger charge is -2.34. The third kappa shape index (κ3) is 3.10. The van der Waals surface area contributed by atoms with Crippen molar-refractivity contribution in [1.29, 1.82) is 0 Å². The molecule has 3 nitrogen and oxygen atoms in total. The Morgan fingerprint density at radius 2 is 2.00 bits per heavy atom. The Bertz CT molecular complexity index is 531. The van der Waals surface area contributed by atoms with E-state index in [1.165, 1.54) is 12.8 Å². The van der Waals surface area contributed by atoms with E-state index in [-0.39, 0.29) is 0 Å². The van der Waals surface area contributed by atoms with Crippen molar-refractivity contribution < 1.29 is 14.6 Å². The second-order valence-corrected chi connectivity index (χ2v) is 7.20. The summed E-state index contributed by atoms with van der Waals surface area (Å²) in [5.74, 6) is 0.836. The molecule has 0 heterocycles. The van der Waals surface area contributed by atoms with E-state index in [9.17, 15) is 9.90 Å². The van der Waals surface area contributed by atoms with Gasteiger partial charge in [0.2, 0.25) is 0 Å². The van der Waals surface area contributed by atoms with Gasteiger partial charge in [0.15, 0.2) is 0 Å². The van der Waals surface area contributed by atoms with Crippen LogP contribution in [0.5, 0.6) is 5.75 Å². The number of hydrogen-bond acceptors (Lipinski definition) is 2. The molecule has 114 valence electrons. The fraction of sp³-hybridized carbons (Fsp3) is 0.588. The Morgan fingerprint density at radius 1 is 1.29 bits per heavy atom. The molecule has 0 aromatic heterocycles. The maximum absolute atomic E-state index is 11.8. The number of ether oxygens (including phenoxy) is 1. The normalized spacial score (nSPS) is 21.0. The van der Waals surface area contributed by atoms with Crippen molar-refractivity contribution in [2.24, 2.45) is 5.92 Å². The van der Waals surface area contributed by atoms with E-state index in [2.05, 4.69) is 15.9 Å². The summed E-state index contributed by atoms with van der Waals surface area (Å²) in [6, 6.07) is 5.80. The van der Waals surface area contributed by atoms with Gasteiger partial charge in [0.25, 0.3) is 0 Å². The SMILES string of the molecule is O=C(O)C1(c2ccc(OCC3CC3)c(Br)c2)CCCCC1. The Kier molecular flexibility index (Phi) is 4.25. The molecule has 0 aliphatic heterocycles. The maximum Gasteiger partial charge on any atom is 0.314 e. The molecule has 2 aliphatic rings. The smallest absolute Gasteiger partial charge is 0.314 e. The first kappa shape index (κ1) is 14.9. The lowest BCUT2D eigenvalue weighted by atomic mass is 9.69. The molecule has 1 aromatic rings. The highest BCUT2D eigenvalue weighted by molar-refractivity contribution is 9.10. The van der Waals surface area contributed by atoms with Gasteiger partial charge in [-0.25, -0.2) is 0 Å². The number of aliphatic carboxylic acids is 1. The Balaban J connectivity index is 1.83. The van der Waals surface area contributed by atoms with E-state index < -0.39 is 11.4 Å². The molecule has 0 saturated heterocycles. The summed E-state index contributed by atoms with van der Waals surface area (Å²) < 4.78 is 6.67. The first-order valence-electron chi connectivity index (χ1n) is 7.78. The standard InChI is InChI=1S/C17H21BrO3/c18-14-10-13(6-7-15(14)21-11-12-4-5-12)17(16(19)20)8-2-1-3-9-17/h6-7,10,12H,1-5,8-9,11H2,(H,19,20). The van der Waals surface area contributed by atoms with Crippen molar-refractivity contribution >= 4 is 21.9 Å². The molecule has 0 amide bonds. The minimum absolute atomic E-state index is 0.694. The third-order valence-corrected chi connectivity index (χ3v) is 5.39. The fourth-order valence-electron chi connectivity index (χ4n) is 3.19. The summed E-state index contributed by atoms with van der Waals surface area (Å²) >= 11 is 3.54. The fourth-order valence-corrected chi connectivity index (χ4v) is 3.68. The van der Waals surface area contributed by atoms with Gasteiger partial charge in [-0.2, -0.15) is 0 Å². The van der Waals surface area contributed by atoms with Gasteiger partial charge in [-0.3, -0.25) is 4.79 Å². The lowest BCUT2D eigenvalue weighted by molar-refractivity contribution is -0.145.